The van der Waals surface area contributed by atoms with Gasteiger partial charge in [0.05, 0.1) is 12.5 Å². The Bertz CT molecular complexity index is 450. The Hall–Kier alpha value is -2.04. The summed E-state index contributed by atoms with van der Waals surface area (Å²) in [6.45, 7) is 5.40. The van der Waals surface area contributed by atoms with Gasteiger partial charge in [-0.3, -0.25) is 4.79 Å². The van der Waals surface area contributed by atoms with Gasteiger partial charge in [0.1, 0.15) is 5.75 Å². The van der Waals surface area contributed by atoms with Gasteiger partial charge in [0.15, 0.2) is 6.10 Å². The molecule has 0 spiro atoms. The molecular formula is C15H20O5. The number of aliphatic carboxylic acids is 1. The highest BCUT2D eigenvalue weighted by Crippen LogP contribution is 2.16. The van der Waals surface area contributed by atoms with E-state index in [4.69, 9.17) is 14.6 Å². The summed E-state index contributed by atoms with van der Waals surface area (Å²) in [7, 11) is 0. The molecule has 1 unspecified atom stereocenters. The van der Waals surface area contributed by atoms with Crippen molar-refractivity contribution >= 4 is 11.9 Å². The molecule has 110 valence electrons. The predicted molar refractivity (Wildman–Crippen MR) is 73.7 cm³/mol. The molecule has 0 aliphatic heterocycles. The van der Waals surface area contributed by atoms with Crippen LogP contribution in [-0.2, 0) is 20.7 Å². The topological polar surface area (TPSA) is 72.8 Å². The molecule has 20 heavy (non-hydrogen) atoms. The number of benzene rings is 1. The van der Waals surface area contributed by atoms with Gasteiger partial charge in [-0.15, -0.1) is 0 Å². The van der Waals surface area contributed by atoms with Gasteiger partial charge in [0.2, 0.25) is 0 Å². The van der Waals surface area contributed by atoms with Gasteiger partial charge < -0.3 is 14.6 Å². The summed E-state index contributed by atoms with van der Waals surface area (Å²) in [5.74, 6) is -0.755. The first-order valence-electron chi connectivity index (χ1n) is 6.60. The van der Waals surface area contributed by atoms with E-state index < -0.39 is 18.0 Å². The third kappa shape index (κ3) is 5.30. The van der Waals surface area contributed by atoms with Crippen LogP contribution in [0.5, 0.6) is 5.75 Å². The second-order valence-electron chi connectivity index (χ2n) is 4.71. The number of hydrogen-bond acceptors (Lipinski definition) is 4. The van der Waals surface area contributed by atoms with E-state index in [1.54, 1.807) is 38.1 Å². The highest BCUT2D eigenvalue weighted by Gasteiger charge is 2.21. The first-order chi connectivity index (χ1) is 9.42. The monoisotopic (exact) mass is 280 g/mol. The highest BCUT2D eigenvalue weighted by molar-refractivity contribution is 5.75. The standard InChI is InChI=1S/C15H20O5/c1-4-13(15(18)19-10(2)3)20-12-7-5-11(6-8-12)9-14(16)17/h5-8,10,13H,4,9H2,1-3H3,(H,16,17). The zero-order valence-electron chi connectivity index (χ0n) is 12.0. The number of carbonyl (C=O) groups excluding carboxylic acids is 1. The van der Waals surface area contributed by atoms with Crippen LogP contribution in [0.2, 0.25) is 0 Å². The van der Waals surface area contributed by atoms with Gasteiger partial charge >= 0.3 is 11.9 Å². The lowest BCUT2D eigenvalue weighted by Gasteiger charge is -2.18. The van der Waals surface area contributed by atoms with Gasteiger partial charge in [0.25, 0.3) is 0 Å². The maximum absolute atomic E-state index is 11.8. The summed E-state index contributed by atoms with van der Waals surface area (Å²) in [6.07, 6.45) is -0.365. The zero-order valence-corrected chi connectivity index (χ0v) is 12.0. The van der Waals surface area contributed by atoms with Crippen molar-refractivity contribution in [3.8, 4) is 5.75 Å². The van der Waals surface area contributed by atoms with Crippen molar-refractivity contribution in [2.24, 2.45) is 0 Å². The molecule has 5 nitrogen and oxygen atoms in total. The van der Waals surface area contributed by atoms with Crippen molar-refractivity contribution in [1.82, 2.24) is 0 Å². The predicted octanol–water partition coefficient (Wildman–Crippen LogP) is 2.42. The van der Waals surface area contributed by atoms with E-state index >= 15 is 0 Å². The Kier molecular flexibility index (Phi) is 6.03. The number of hydrogen-bond donors (Lipinski definition) is 1. The lowest BCUT2D eigenvalue weighted by molar-refractivity contribution is -0.156. The van der Waals surface area contributed by atoms with Crippen molar-refractivity contribution in [2.45, 2.75) is 45.8 Å². The van der Waals surface area contributed by atoms with E-state index in [1.165, 1.54) is 0 Å². The quantitative estimate of drug-likeness (QED) is 0.776. The van der Waals surface area contributed by atoms with Crippen LogP contribution in [-0.4, -0.2) is 29.3 Å². The summed E-state index contributed by atoms with van der Waals surface area (Å²) < 4.78 is 10.7. The molecule has 0 fully saturated rings. The fourth-order valence-corrected chi connectivity index (χ4v) is 1.63. The van der Waals surface area contributed by atoms with E-state index in [-0.39, 0.29) is 12.5 Å². The summed E-state index contributed by atoms with van der Waals surface area (Å²) in [5, 5.41) is 8.68. The second kappa shape index (κ2) is 7.53. The van der Waals surface area contributed by atoms with Crippen LogP contribution in [0.25, 0.3) is 0 Å². The largest absolute Gasteiger partial charge is 0.481 e. The summed E-state index contributed by atoms with van der Waals surface area (Å²) in [6, 6.07) is 6.65. The van der Waals surface area contributed by atoms with Crippen molar-refractivity contribution < 1.29 is 24.2 Å². The molecule has 0 aliphatic rings. The van der Waals surface area contributed by atoms with Crippen molar-refractivity contribution in [2.75, 3.05) is 0 Å². The van der Waals surface area contributed by atoms with Crippen molar-refractivity contribution in [3.05, 3.63) is 29.8 Å². The van der Waals surface area contributed by atoms with E-state index in [1.807, 2.05) is 6.92 Å². The van der Waals surface area contributed by atoms with E-state index in [0.29, 0.717) is 17.7 Å². The normalized spacial score (nSPS) is 12.0. The molecule has 0 aromatic heterocycles. The van der Waals surface area contributed by atoms with E-state index in [0.717, 1.165) is 0 Å². The van der Waals surface area contributed by atoms with Crippen LogP contribution in [0.1, 0.15) is 32.8 Å². The van der Waals surface area contributed by atoms with Gasteiger partial charge in [-0.2, -0.15) is 0 Å². The number of carboxylic acids is 1. The van der Waals surface area contributed by atoms with Crippen LogP contribution in [0.4, 0.5) is 0 Å². The summed E-state index contributed by atoms with van der Waals surface area (Å²) in [5.41, 5.74) is 0.683. The molecule has 0 bridgehead atoms. The van der Waals surface area contributed by atoms with Gasteiger partial charge in [-0.25, -0.2) is 4.79 Å². The summed E-state index contributed by atoms with van der Waals surface area (Å²) in [4.78, 5) is 22.4. The second-order valence-corrected chi connectivity index (χ2v) is 4.71. The molecule has 0 aliphatic carbocycles. The minimum Gasteiger partial charge on any atom is -0.481 e. The average molecular weight is 280 g/mol. The molecule has 5 heteroatoms. The molecule has 0 radical (unpaired) electrons. The fraction of sp³-hybridized carbons (Fsp3) is 0.467. The Labute approximate surface area is 118 Å². The van der Waals surface area contributed by atoms with Gasteiger partial charge in [-0.05, 0) is 38.0 Å². The minimum atomic E-state index is -0.884. The maximum atomic E-state index is 11.8. The third-order valence-electron chi connectivity index (χ3n) is 2.54. The molecule has 0 amide bonds. The van der Waals surface area contributed by atoms with E-state index in [2.05, 4.69) is 0 Å². The van der Waals surface area contributed by atoms with Crippen LogP contribution >= 0.6 is 0 Å². The van der Waals surface area contributed by atoms with Gasteiger partial charge in [-0.1, -0.05) is 19.1 Å². The van der Waals surface area contributed by atoms with Crippen LogP contribution in [0.3, 0.4) is 0 Å². The van der Waals surface area contributed by atoms with Crippen LogP contribution in [0.15, 0.2) is 24.3 Å². The average Bonchev–Trinajstić information content (AvgIpc) is 2.36. The Morgan fingerprint density at radius 2 is 1.80 bits per heavy atom. The van der Waals surface area contributed by atoms with Crippen LogP contribution < -0.4 is 4.74 Å². The molecule has 0 saturated heterocycles. The number of rotatable bonds is 7. The molecule has 1 aromatic rings. The number of carboxylic acid groups (broad SMARTS) is 1. The first-order valence-corrected chi connectivity index (χ1v) is 6.60. The molecule has 1 aromatic carbocycles. The number of carbonyl (C=O) groups is 2. The van der Waals surface area contributed by atoms with E-state index in [9.17, 15) is 9.59 Å². The Balaban J connectivity index is 2.65. The lowest BCUT2D eigenvalue weighted by Crippen LogP contribution is -2.30. The smallest absolute Gasteiger partial charge is 0.347 e. The minimum absolute atomic E-state index is 0.0348. The molecule has 1 N–H and O–H groups in total. The summed E-state index contributed by atoms with van der Waals surface area (Å²) >= 11 is 0. The van der Waals surface area contributed by atoms with Gasteiger partial charge in [0, 0.05) is 0 Å². The molecule has 1 atom stereocenters. The fourth-order valence-electron chi connectivity index (χ4n) is 1.63. The number of ether oxygens (including phenoxy) is 2. The first kappa shape index (κ1) is 16.0. The SMILES string of the molecule is CCC(Oc1ccc(CC(=O)O)cc1)C(=O)OC(C)C. The molecule has 0 heterocycles. The third-order valence-corrected chi connectivity index (χ3v) is 2.54. The highest BCUT2D eigenvalue weighted by atomic mass is 16.6. The number of esters is 1. The Morgan fingerprint density at radius 3 is 2.25 bits per heavy atom. The Morgan fingerprint density at radius 1 is 1.20 bits per heavy atom. The molecular weight excluding hydrogens is 260 g/mol. The van der Waals surface area contributed by atoms with Crippen LogP contribution in [0, 0.1) is 0 Å². The lowest BCUT2D eigenvalue weighted by atomic mass is 10.1. The zero-order chi connectivity index (χ0) is 15.1. The molecule has 1 rings (SSSR count). The maximum Gasteiger partial charge on any atom is 0.347 e. The van der Waals surface area contributed by atoms with Crippen molar-refractivity contribution in [1.29, 1.82) is 0 Å². The van der Waals surface area contributed by atoms with Crippen molar-refractivity contribution in [3.63, 3.8) is 0 Å². The molecule has 0 saturated carbocycles.